The molecule has 8 heteroatoms. The van der Waals surface area contributed by atoms with E-state index in [1.54, 1.807) is 18.3 Å². The number of ether oxygens (including phenoxy) is 1. The summed E-state index contributed by atoms with van der Waals surface area (Å²) >= 11 is 0. The number of nitrogens with one attached hydrogen (secondary N) is 2. The molecule has 0 bridgehead atoms. The average molecular weight is 450 g/mol. The molecule has 2 heterocycles. The fraction of sp³-hybridized carbons (Fsp3) is 0.400. The number of rotatable bonds is 7. The molecule has 1 saturated heterocycles. The first kappa shape index (κ1) is 21.7. The van der Waals surface area contributed by atoms with Crippen LogP contribution in [0.25, 0.3) is 22.0 Å². The molecular formula is C25H28FN5O2. The van der Waals surface area contributed by atoms with Gasteiger partial charge in [-0.1, -0.05) is 12.1 Å². The maximum Gasteiger partial charge on any atom is 0.254 e. The zero-order valence-electron chi connectivity index (χ0n) is 18.7. The van der Waals surface area contributed by atoms with Gasteiger partial charge < -0.3 is 15.4 Å². The highest BCUT2D eigenvalue weighted by atomic mass is 19.1. The van der Waals surface area contributed by atoms with Crippen molar-refractivity contribution in [2.45, 2.75) is 25.8 Å². The van der Waals surface area contributed by atoms with Crippen LogP contribution in [0.1, 0.15) is 28.8 Å². The van der Waals surface area contributed by atoms with Gasteiger partial charge in [0.25, 0.3) is 5.91 Å². The molecule has 0 spiro atoms. The Morgan fingerprint density at radius 2 is 2.03 bits per heavy atom. The first-order valence-electron chi connectivity index (χ1n) is 11.5. The van der Waals surface area contributed by atoms with E-state index in [4.69, 9.17) is 4.74 Å². The number of fused-ring (bicyclic) bond motifs is 1. The number of carbonyl (C=O) groups is 1. The van der Waals surface area contributed by atoms with Crippen LogP contribution in [0.3, 0.4) is 0 Å². The van der Waals surface area contributed by atoms with Crippen LogP contribution in [0, 0.1) is 12.7 Å². The lowest BCUT2D eigenvalue weighted by molar-refractivity contribution is 0.0398. The Balaban J connectivity index is 1.34. The fourth-order valence-corrected chi connectivity index (χ4v) is 4.12. The van der Waals surface area contributed by atoms with Crippen LogP contribution in [0.5, 0.6) is 0 Å². The number of aryl methyl sites for hydroxylation is 1. The number of nitrogens with zero attached hydrogens (tertiary/aromatic N) is 3. The van der Waals surface area contributed by atoms with Gasteiger partial charge in [-0.3, -0.25) is 9.69 Å². The maximum absolute atomic E-state index is 15.4. The van der Waals surface area contributed by atoms with Crippen molar-refractivity contribution in [2.24, 2.45) is 0 Å². The van der Waals surface area contributed by atoms with E-state index in [1.165, 1.54) is 0 Å². The van der Waals surface area contributed by atoms with Crippen LogP contribution >= 0.6 is 0 Å². The first-order valence-corrected chi connectivity index (χ1v) is 11.5. The second kappa shape index (κ2) is 9.41. The summed E-state index contributed by atoms with van der Waals surface area (Å²) in [5.41, 5.74) is 2.78. The number of halogens is 1. The standard InChI is InChI=1S/C25H28FN5O2/c1-16-2-6-20(24(32)29-19-4-5-19)23(26)22(16)17-3-7-21-18(14-17)15-28-25(30-21)27-8-9-31-10-12-33-13-11-31/h2-3,6-7,14-15,19H,4-5,8-13H2,1H3,(H,29,32)(H,27,28,30). The highest BCUT2D eigenvalue weighted by Gasteiger charge is 2.26. The quantitative estimate of drug-likeness (QED) is 0.576. The molecule has 1 aliphatic heterocycles. The van der Waals surface area contributed by atoms with Crippen molar-refractivity contribution < 1.29 is 13.9 Å². The third-order valence-electron chi connectivity index (χ3n) is 6.19. The lowest BCUT2D eigenvalue weighted by Gasteiger charge is -2.26. The van der Waals surface area contributed by atoms with E-state index in [1.807, 2.05) is 25.1 Å². The number of hydrogen-bond acceptors (Lipinski definition) is 6. The van der Waals surface area contributed by atoms with Gasteiger partial charge in [-0.2, -0.15) is 0 Å². The molecule has 172 valence electrons. The highest BCUT2D eigenvalue weighted by molar-refractivity contribution is 5.97. The van der Waals surface area contributed by atoms with E-state index in [0.717, 1.165) is 68.7 Å². The molecule has 0 unspecified atom stereocenters. The second-order valence-corrected chi connectivity index (χ2v) is 8.71. The predicted molar refractivity (Wildman–Crippen MR) is 126 cm³/mol. The molecule has 2 fully saturated rings. The van der Waals surface area contributed by atoms with Crippen molar-refractivity contribution in [2.75, 3.05) is 44.7 Å². The Morgan fingerprint density at radius 3 is 2.82 bits per heavy atom. The first-order chi connectivity index (χ1) is 16.1. The Kier molecular flexibility index (Phi) is 6.20. The third-order valence-corrected chi connectivity index (χ3v) is 6.19. The molecule has 0 radical (unpaired) electrons. The number of benzene rings is 2. The van der Waals surface area contributed by atoms with Crippen LogP contribution < -0.4 is 10.6 Å². The van der Waals surface area contributed by atoms with E-state index in [2.05, 4.69) is 25.5 Å². The SMILES string of the molecule is Cc1ccc(C(=O)NC2CC2)c(F)c1-c1ccc2nc(NCCN3CCOCC3)ncc2c1. The lowest BCUT2D eigenvalue weighted by atomic mass is 9.96. The van der Waals surface area contributed by atoms with Crippen molar-refractivity contribution in [3.63, 3.8) is 0 Å². The molecule has 2 aliphatic rings. The molecule has 1 saturated carbocycles. The minimum atomic E-state index is -0.491. The zero-order valence-corrected chi connectivity index (χ0v) is 18.7. The van der Waals surface area contributed by atoms with Gasteiger partial charge in [0.05, 0.1) is 24.3 Å². The van der Waals surface area contributed by atoms with E-state index < -0.39 is 5.82 Å². The molecule has 1 amide bonds. The minimum Gasteiger partial charge on any atom is -0.379 e. The van der Waals surface area contributed by atoms with Crippen molar-refractivity contribution in [3.05, 3.63) is 53.5 Å². The van der Waals surface area contributed by atoms with Gasteiger partial charge in [0.15, 0.2) is 0 Å². The monoisotopic (exact) mass is 449 g/mol. The van der Waals surface area contributed by atoms with Gasteiger partial charge in [0.2, 0.25) is 5.95 Å². The summed E-state index contributed by atoms with van der Waals surface area (Å²) in [6.45, 7) is 6.97. The number of carbonyl (C=O) groups excluding carboxylic acids is 1. The van der Waals surface area contributed by atoms with Crippen molar-refractivity contribution >= 4 is 22.8 Å². The number of morpholine rings is 1. The van der Waals surface area contributed by atoms with Crippen LogP contribution in [0.2, 0.25) is 0 Å². The Bertz CT molecular complexity index is 1170. The smallest absolute Gasteiger partial charge is 0.254 e. The summed E-state index contributed by atoms with van der Waals surface area (Å²) < 4.78 is 20.8. The summed E-state index contributed by atoms with van der Waals surface area (Å²) in [6, 6.07) is 9.13. The number of aromatic nitrogens is 2. The number of anilines is 1. The Hall–Kier alpha value is -3.10. The van der Waals surface area contributed by atoms with E-state index in [0.29, 0.717) is 17.1 Å². The number of amides is 1. The van der Waals surface area contributed by atoms with Gasteiger partial charge in [-0.15, -0.1) is 0 Å². The zero-order chi connectivity index (χ0) is 22.8. The average Bonchev–Trinajstić information content (AvgIpc) is 3.64. The molecule has 33 heavy (non-hydrogen) atoms. The number of hydrogen-bond donors (Lipinski definition) is 2. The highest BCUT2D eigenvalue weighted by Crippen LogP contribution is 2.31. The van der Waals surface area contributed by atoms with Crippen LogP contribution in [-0.4, -0.2) is 66.2 Å². The topological polar surface area (TPSA) is 79.4 Å². The van der Waals surface area contributed by atoms with Gasteiger partial charge in [0.1, 0.15) is 5.82 Å². The Labute approximate surface area is 192 Å². The summed E-state index contributed by atoms with van der Waals surface area (Å²) in [5.74, 6) is -0.271. The molecule has 1 aromatic heterocycles. The van der Waals surface area contributed by atoms with E-state index in [9.17, 15) is 4.79 Å². The molecular weight excluding hydrogens is 421 g/mol. The largest absolute Gasteiger partial charge is 0.379 e. The van der Waals surface area contributed by atoms with Crippen molar-refractivity contribution in [1.82, 2.24) is 20.2 Å². The van der Waals surface area contributed by atoms with Crippen molar-refractivity contribution in [1.29, 1.82) is 0 Å². The fourth-order valence-electron chi connectivity index (χ4n) is 4.12. The second-order valence-electron chi connectivity index (χ2n) is 8.71. The van der Waals surface area contributed by atoms with E-state index in [-0.39, 0.29) is 17.5 Å². The molecule has 5 rings (SSSR count). The van der Waals surface area contributed by atoms with Gasteiger partial charge >= 0.3 is 0 Å². The normalized spacial score (nSPS) is 16.7. The Morgan fingerprint density at radius 1 is 1.21 bits per heavy atom. The molecule has 2 N–H and O–H groups in total. The lowest BCUT2D eigenvalue weighted by Crippen LogP contribution is -2.39. The molecule has 1 aliphatic carbocycles. The van der Waals surface area contributed by atoms with Crippen molar-refractivity contribution in [3.8, 4) is 11.1 Å². The molecule has 7 nitrogen and oxygen atoms in total. The van der Waals surface area contributed by atoms with E-state index >= 15 is 4.39 Å². The molecule has 2 aromatic carbocycles. The summed E-state index contributed by atoms with van der Waals surface area (Å²) in [7, 11) is 0. The van der Waals surface area contributed by atoms with Crippen LogP contribution in [0.4, 0.5) is 10.3 Å². The van der Waals surface area contributed by atoms with Gasteiger partial charge in [-0.25, -0.2) is 14.4 Å². The van der Waals surface area contributed by atoms with Crippen LogP contribution in [-0.2, 0) is 4.74 Å². The summed E-state index contributed by atoms with van der Waals surface area (Å²) in [5, 5.41) is 6.96. The van der Waals surface area contributed by atoms with Gasteiger partial charge in [0, 0.05) is 49.4 Å². The summed E-state index contributed by atoms with van der Waals surface area (Å²) in [4.78, 5) is 23.8. The van der Waals surface area contributed by atoms with Gasteiger partial charge in [-0.05, 0) is 49.1 Å². The van der Waals surface area contributed by atoms with Crippen LogP contribution in [0.15, 0.2) is 36.5 Å². The third kappa shape index (κ3) is 4.96. The molecule has 3 aromatic rings. The molecule has 0 atom stereocenters. The minimum absolute atomic E-state index is 0.0821. The summed E-state index contributed by atoms with van der Waals surface area (Å²) in [6.07, 6.45) is 3.67. The maximum atomic E-state index is 15.4. The predicted octanol–water partition coefficient (Wildman–Crippen LogP) is 3.38.